The monoisotopic (exact) mass is 259 g/mol. The van der Waals surface area contributed by atoms with Gasteiger partial charge in [0.05, 0.1) is 11.9 Å². The number of halogens is 1. The van der Waals surface area contributed by atoms with Crippen molar-refractivity contribution >= 4 is 17.3 Å². The Kier molecular flexibility index (Phi) is 3.15. The van der Waals surface area contributed by atoms with Gasteiger partial charge in [-0.1, -0.05) is 35.9 Å². The van der Waals surface area contributed by atoms with Crippen molar-refractivity contribution in [1.82, 2.24) is 10.2 Å². The summed E-state index contributed by atoms with van der Waals surface area (Å²) in [4.78, 5) is 0. The average Bonchev–Trinajstić information content (AvgIpc) is 2.39. The van der Waals surface area contributed by atoms with Crippen molar-refractivity contribution < 1.29 is 0 Å². The number of nitrogens with one attached hydrogen (secondary N) is 1. The summed E-state index contributed by atoms with van der Waals surface area (Å²) in [7, 11) is 0. The molecule has 1 unspecified atom stereocenters. The smallest absolute Gasteiger partial charge is 0.153 e. The fourth-order valence-electron chi connectivity index (χ4n) is 2.48. The SMILES string of the molecule is Clc1cc(NC2CCc3ccccc3C2)cnn1. The predicted octanol–water partition coefficient (Wildman–Crippen LogP) is 3.10. The molecule has 0 aliphatic heterocycles. The summed E-state index contributed by atoms with van der Waals surface area (Å²) in [5.74, 6) is 0. The number of anilines is 1. The van der Waals surface area contributed by atoms with E-state index in [-0.39, 0.29) is 0 Å². The first kappa shape index (κ1) is 11.5. The van der Waals surface area contributed by atoms with E-state index >= 15 is 0 Å². The van der Waals surface area contributed by atoms with Crippen molar-refractivity contribution in [2.75, 3.05) is 5.32 Å². The molecule has 3 rings (SSSR count). The Labute approximate surface area is 111 Å². The van der Waals surface area contributed by atoms with Crippen LogP contribution in [0, 0.1) is 0 Å². The minimum Gasteiger partial charge on any atom is -0.381 e. The lowest BCUT2D eigenvalue weighted by molar-refractivity contribution is 0.610. The van der Waals surface area contributed by atoms with Gasteiger partial charge in [-0.2, -0.15) is 5.10 Å². The normalized spacial score (nSPS) is 18.2. The third-order valence-electron chi connectivity index (χ3n) is 3.34. The number of rotatable bonds is 2. The molecule has 1 aromatic carbocycles. The van der Waals surface area contributed by atoms with E-state index in [9.17, 15) is 0 Å². The summed E-state index contributed by atoms with van der Waals surface area (Å²) in [5, 5.41) is 11.5. The minimum atomic E-state index is 0.427. The van der Waals surface area contributed by atoms with Crippen LogP contribution in [0.3, 0.4) is 0 Å². The Balaban J connectivity index is 1.73. The van der Waals surface area contributed by atoms with E-state index < -0.39 is 0 Å². The van der Waals surface area contributed by atoms with Gasteiger partial charge in [-0.15, -0.1) is 5.10 Å². The highest BCUT2D eigenvalue weighted by atomic mass is 35.5. The maximum absolute atomic E-state index is 5.83. The predicted molar refractivity (Wildman–Crippen MR) is 72.9 cm³/mol. The van der Waals surface area contributed by atoms with Gasteiger partial charge in [0.25, 0.3) is 0 Å². The highest BCUT2D eigenvalue weighted by Gasteiger charge is 2.17. The van der Waals surface area contributed by atoms with Crippen LogP contribution in [0.4, 0.5) is 5.69 Å². The molecule has 18 heavy (non-hydrogen) atoms. The number of hydrogen-bond acceptors (Lipinski definition) is 3. The van der Waals surface area contributed by atoms with Crippen LogP contribution in [-0.4, -0.2) is 16.2 Å². The first-order valence-electron chi connectivity index (χ1n) is 6.13. The first-order chi connectivity index (χ1) is 8.81. The number of benzene rings is 1. The van der Waals surface area contributed by atoms with Gasteiger partial charge in [-0.3, -0.25) is 0 Å². The van der Waals surface area contributed by atoms with Crippen LogP contribution in [0.15, 0.2) is 36.5 Å². The van der Waals surface area contributed by atoms with Crippen molar-refractivity contribution in [2.45, 2.75) is 25.3 Å². The van der Waals surface area contributed by atoms with Crippen molar-refractivity contribution in [3.05, 3.63) is 52.8 Å². The Hall–Kier alpha value is -1.61. The topological polar surface area (TPSA) is 37.8 Å². The van der Waals surface area contributed by atoms with Crippen LogP contribution in [0.2, 0.25) is 5.15 Å². The standard InChI is InChI=1S/C14H14ClN3/c15-14-8-13(9-16-18-14)17-12-6-5-10-3-1-2-4-11(10)7-12/h1-4,8-9,12H,5-7H2,(H,17,18). The highest BCUT2D eigenvalue weighted by molar-refractivity contribution is 6.29. The molecule has 3 nitrogen and oxygen atoms in total. The molecule has 0 fully saturated rings. The fraction of sp³-hybridized carbons (Fsp3) is 0.286. The van der Waals surface area contributed by atoms with Crippen molar-refractivity contribution in [1.29, 1.82) is 0 Å². The molecular weight excluding hydrogens is 246 g/mol. The minimum absolute atomic E-state index is 0.427. The number of aromatic nitrogens is 2. The molecule has 92 valence electrons. The number of nitrogens with zero attached hydrogens (tertiary/aromatic N) is 2. The van der Waals surface area contributed by atoms with Crippen molar-refractivity contribution in [2.24, 2.45) is 0 Å². The molecule has 0 radical (unpaired) electrons. The molecular formula is C14H14ClN3. The summed E-state index contributed by atoms with van der Waals surface area (Å²) in [6, 6.07) is 10.9. The maximum Gasteiger partial charge on any atom is 0.153 e. The summed E-state index contributed by atoms with van der Waals surface area (Å²) in [6.07, 6.45) is 5.03. The molecule has 0 amide bonds. The van der Waals surface area contributed by atoms with Gasteiger partial charge in [0, 0.05) is 12.1 Å². The quantitative estimate of drug-likeness (QED) is 0.901. The summed E-state index contributed by atoms with van der Waals surface area (Å²) in [5.41, 5.74) is 3.86. The zero-order valence-electron chi connectivity index (χ0n) is 9.94. The van der Waals surface area contributed by atoms with Gasteiger partial charge >= 0.3 is 0 Å². The summed E-state index contributed by atoms with van der Waals surface area (Å²) in [6.45, 7) is 0. The average molecular weight is 260 g/mol. The van der Waals surface area contributed by atoms with Crippen LogP contribution >= 0.6 is 11.6 Å². The van der Waals surface area contributed by atoms with E-state index in [0.29, 0.717) is 11.2 Å². The Morgan fingerprint density at radius 2 is 2.06 bits per heavy atom. The van der Waals surface area contributed by atoms with E-state index in [1.807, 2.05) is 6.07 Å². The number of aryl methyl sites for hydroxylation is 1. The molecule has 1 atom stereocenters. The van der Waals surface area contributed by atoms with Crippen LogP contribution in [0.1, 0.15) is 17.5 Å². The van der Waals surface area contributed by atoms with Gasteiger partial charge in [0.15, 0.2) is 5.15 Å². The van der Waals surface area contributed by atoms with Crippen LogP contribution in [0.5, 0.6) is 0 Å². The summed E-state index contributed by atoms with van der Waals surface area (Å²) >= 11 is 5.83. The Morgan fingerprint density at radius 3 is 2.89 bits per heavy atom. The molecule has 0 spiro atoms. The van der Waals surface area contributed by atoms with E-state index in [1.54, 1.807) is 6.20 Å². The lowest BCUT2D eigenvalue weighted by Crippen LogP contribution is -2.27. The fourth-order valence-corrected chi connectivity index (χ4v) is 2.64. The lowest BCUT2D eigenvalue weighted by Gasteiger charge is -2.26. The number of hydrogen-bond donors (Lipinski definition) is 1. The van der Waals surface area contributed by atoms with Gasteiger partial charge in [-0.05, 0) is 30.4 Å². The van der Waals surface area contributed by atoms with E-state index in [1.165, 1.54) is 11.1 Å². The third kappa shape index (κ3) is 2.46. The molecule has 4 heteroatoms. The molecule has 0 bridgehead atoms. The second kappa shape index (κ2) is 4.94. The second-order valence-electron chi connectivity index (χ2n) is 4.62. The van der Waals surface area contributed by atoms with E-state index in [4.69, 9.17) is 11.6 Å². The Bertz CT molecular complexity index is 556. The molecule has 1 heterocycles. The van der Waals surface area contributed by atoms with Gasteiger partial charge in [0.2, 0.25) is 0 Å². The Morgan fingerprint density at radius 1 is 1.22 bits per heavy atom. The van der Waals surface area contributed by atoms with Crippen LogP contribution < -0.4 is 5.32 Å². The largest absolute Gasteiger partial charge is 0.381 e. The van der Waals surface area contributed by atoms with Gasteiger partial charge in [0.1, 0.15) is 0 Å². The van der Waals surface area contributed by atoms with Crippen LogP contribution in [-0.2, 0) is 12.8 Å². The van der Waals surface area contributed by atoms with Gasteiger partial charge in [-0.25, -0.2) is 0 Å². The molecule has 1 aliphatic rings. The lowest BCUT2D eigenvalue weighted by atomic mass is 9.88. The molecule has 1 N–H and O–H groups in total. The highest BCUT2D eigenvalue weighted by Crippen LogP contribution is 2.23. The maximum atomic E-state index is 5.83. The second-order valence-corrected chi connectivity index (χ2v) is 5.01. The first-order valence-corrected chi connectivity index (χ1v) is 6.50. The van der Waals surface area contributed by atoms with Gasteiger partial charge < -0.3 is 5.32 Å². The van der Waals surface area contributed by atoms with Crippen molar-refractivity contribution in [3.8, 4) is 0 Å². The van der Waals surface area contributed by atoms with Crippen molar-refractivity contribution in [3.63, 3.8) is 0 Å². The number of fused-ring (bicyclic) bond motifs is 1. The van der Waals surface area contributed by atoms with Crippen LogP contribution in [0.25, 0.3) is 0 Å². The third-order valence-corrected chi connectivity index (χ3v) is 3.53. The zero-order chi connectivity index (χ0) is 12.4. The molecule has 0 saturated carbocycles. The van der Waals surface area contributed by atoms with E-state index in [0.717, 1.165) is 24.9 Å². The molecule has 1 aromatic heterocycles. The zero-order valence-corrected chi connectivity index (χ0v) is 10.7. The molecule has 0 saturated heterocycles. The molecule has 1 aliphatic carbocycles. The summed E-state index contributed by atoms with van der Waals surface area (Å²) < 4.78 is 0. The molecule has 2 aromatic rings. The van der Waals surface area contributed by atoms with E-state index in [2.05, 4.69) is 39.8 Å².